The molecule has 1 aliphatic heterocycles. The van der Waals surface area contributed by atoms with Crippen molar-refractivity contribution in [3.63, 3.8) is 0 Å². The molecule has 0 saturated carbocycles. The van der Waals surface area contributed by atoms with Crippen molar-refractivity contribution in [1.82, 2.24) is 0 Å². The fraction of sp³-hybridized carbons (Fsp3) is 0.417. The third-order valence-electron chi connectivity index (χ3n) is 2.96. The maximum atomic E-state index is 11.3. The summed E-state index contributed by atoms with van der Waals surface area (Å²) < 4.78 is 5.35. The Hall–Kier alpha value is -1.75. The fourth-order valence-electron chi connectivity index (χ4n) is 1.97. The maximum absolute atomic E-state index is 11.3. The second kappa shape index (κ2) is 4.25. The van der Waals surface area contributed by atoms with E-state index in [2.05, 4.69) is 12.2 Å². The highest BCUT2D eigenvalue weighted by Crippen LogP contribution is 2.27. The van der Waals surface area contributed by atoms with E-state index in [0.717, 1.165) is 13.0 Å². The van der Waals surface area contributed by atoms with Gasteiger partial charge in [-0.05, 0) is 31.5 Å². The molecule has 17 heavy (non-hydrogen) atoms. The van der Waals surface area contributed by atoms with Crippen LogP contribution in [0.5, 0.6) is 0 Å². The quantitative estimate of drug-likeness (QED) is 0.680. The van der Waals surface area contributed by atoms with Gasteiger partial charge >= 0.3 is 0 Å². The first kappa shape index (κ1) is 11.7. The first-order valence-corrected chi connectivity index (χ1v) is 5.55. The summed E-state index contributed by atoms with van der Waals surface area (Å²) in [5, 5.41) is 3.31. The molecule has 1 fully saturated rings. The van der Waals surface area contributed by atoms with Gasteiger partial charge in [-0.2, -0.15) is 0 Å². The van der Waals surface area contributed by atoms with Crippen LogP contribution in [0.25, 0.3) is 0 Å². The molecule has 0 bridgehead atoms. The van der Waals surface area contributed by atoms with E-state index in [1.165, 1.54) is 0 Å². The minimum atomic E-state index is -0.484. The SMILES string of the molecule is CC1(Nc2ccc(N)cc2C(N)=O)CCOC1. The summed E-state index contributed by atoms with van der Waals surface area (Å²) in [5.41, 5.74) is 12.5. The molecule has 5 heteroatoms. The lowest BCUT2D eigenvalue weighted by Crippen LogP contribution is -2.35. The van der Waals surface area contributed by atoms with Gasteiger partial charge in [-0.1, -0.05) is 0 Å². The molecule has 5 nitrogen and oxygen atoms in total. The number of ether oxygens (including phenoxy) is 1. The fourth-order valence-corrected chi connectivity index (χ4v) is 1.97. The second-order valence-corrected chi connectivity index (χ2v) is 4.66. The number of hydrogen-bond donors (Lipinski definition) is 3. The van der Waals surface area contributed by atoms with Crippen LogP contribution in [-0.2, 0) is 4.74 Å². The van der Waals surface area contributed by atoms with Gasteiger partial charge in [0.25, 0.3) is 5.91 Å². The molecule has 0 aromatic heterocycles. The molecule has 1 aromatic carbocycles. The molecule has 1 heterocycles. The van der Waals surface area contributed by atoms with Crippen molar-refractivity contribution >= 4 is 17.3 Å². The molecular weight excluding hydrogens is 218 g/mol. The first-order chi connectivity index (χ1) is 8.00. The van der Waals surface area contributed by atoms with Gasteiger partial charge in [0.15, 0.2) is 0 Å². The van der Waals surface area contributed by atoms with Crippen LogP contribution < -0.4 is 16.8 Å². The van der Waals surface area contributed by atoms with Crippen LogP contribution in [0.3, 0.4) is 0 Å². The number of benzene rings is 1. The largest absolute Gasteiger partial charge is 0.399 e. The Kier molecular flexibility index (Phi) is 2.93. The van der Waals surface area contributed by atoms with Gasteiger partial charge in [-0.3, -0.25) is 4.79 Å². The number of carbonyl (C=O) groups excluding carboxylic acids is 1. The van der Waals surface area contributed by atoms with Gasteiger partial charge in [-0.15, -0.1) is 0 Å². The van der Waals surface area contributed by atoms with E-state index < -0.39 is 5.91 Å². The number of primary amides is 1. The standard InChI is InChI=1S/C12H17N3O2/c1-12(4-5-17-7-12)15-10-3-2-8(13)6-9(10)11(14)16/h2-3,6,15H,4-5,7,13H2,1H3,(H2,14,16). The molecule has 1 amide bonds. The summed E-state index contributed by atoms with van der Waals surface area (Å²) in [6.07, 6.45) is 0.898. The molecular formula is C12H17N3O2. The number of rotatable bonds is 3. The lowest BCUT2D eigenvalue weighted by molar-refractivity contribution is 0.100. The minimum absolute atomic E-state index is 0.152. The van der Waals surface area contributed by atoms with Gasteiger partial charge < -0.3 is 21.5 Å². The van der Waals surface area contributed by atoms with E-state index in [1.807, 2.05) is 0 Å². The predicted molar refractivity (Wildman–Crippen MR) is 66.8 cm³/mol. The Morgan fingerprint density at radius 2 is 2.29 bits per heavy atom. The zero-order valence-corrected chi connectivity index (χ0v) is 9.82. The van der Waals surface area contributed by atoms with Crippen LogP contribution in [0.1, 0.15) is 23.7 Å². The lowest BCUT2D eigenvalue weighted by Gasteiger charge is -2.26. The Bertz CT molecular complexity index is 439. The molecule has 1 aromatic rings. The molecule has 92 valence electrons. The predicted octanol–water partition coefficient (Wildman–Crippen LogP) is 0.959. The molecule has 5 N–H and O–H groups in total. The lowest BCUT2D eigenvalue weighted by atomic mass is 10.00. The summed E-state index contributed by atoms with van der Waals surface area (Å²) in [4.78, 5) is 11.3. The number of carbonyl (C=O) groups is 1. The summed E-state index contributed by atoms with van der Waals surface area (Å²) in [6, 6.07) is 5.11. The van der Waals surface area contributed by atoms with Crippen LogP contribution in [0.2, 0.25) is 0 Å². The van der Waals surface area contributed by atoms with Crippen molar-refractivity contribution in [2.24, 2.45) is 5.73 Å². The van der Waals surface area contributed by atoms with Crippen molar-refractivity contribution in [3.8, 4) is 0 Å². The highest BCUT2D eigenvalue weighted by molar-refractivity contribution is 5.99. The molecule has 0 radical (unpaired) electrons. The topological polar surface area (TPSA) is 90.4 Å². The van der Waals surface area contributed by atoms with Crippen molar-refractivity contribution in [2.45, 2.75) is 18.9 Å². The third kappa shape index (κ3) is 2.50. The zero-order chi connectivity index (χ0) is 12.5. The summed E-state index contributed by atoms with van der Waals surface area (Å²) in [6.45, 7) is 3.40. The van der Waals surface area contributed by atoms with Gasteiger partial charge in [-0.25, -0.2) is 0 Å². The van der Waals surface area contributed by atoms with E-state index >= 15 is 0 Å². The van der Waals surface area contributed by atoms with Crippen LogP contribution in [-0.4, -0.2) is 24.7 Å². The molecule has 0 aliphatic carbocycles. The van der Waals surface area contributed by atoms with E-state index in [0.29, 0.717) is 23.5 Å². The van der Waals surface area contributed by atoms with Gasteiger partial charge in [0.1, 0.15) is 0 Å². The third-order valence-corrected chi connectivity index (χ3v) is 2.96. The van der Waals surface area contributed by atoms with Crippen LogP contribution in [0.15, 0.2) is 18.2 Å². The Morgan fingerprint density at radius 3 is 2.88 bits per heavy atom. The van der Waals surface area contributed by atoms with Crippen LogP contribution in [0.4, 0.5) is 11.4 Å². The molecule has 2 rings (SSSR count). The normalized spacial score (nSPS) is 23.6. The molecule has 1 aliphatic rings. The number of nitrogens with two attached hydrogens (primary N) is 2. The summed E-state index contributed by atoms with van der Waals surface area (Å²) >= 11 is 0. The van der Waals surface area contributed by atoms with Crippen LogP contribution >= 0.6 is 0 Å². The minimum Gasteiger partial charge on any atom is -0.399 e. The van der Waals surface area contributed by atoms with E-state index in [4.69, 9.17) is 16.2 Å². The first-order valence-electron chi connectivity index (χ1n) is 5.55. The number of nitrogens with one attached hydrogen (secondary N) is 1. The summed E-state index contributed by atoms with van der Waals surface area (Å²) in [5.74, 6) is -0.484. The number of hydrogen-bond acceptors (Lipinski definition) is 4. The highest BCUT2D eigenvalue weighted by atomic mass is 16.5. The van der Waals surface area contributed by atoms with Crippen molar-refractivity contribution in [1.29, 1.82) is 0 Å². The Labute approximate surface area is 100 Å². The number of amides is 1. The van der Waals surface area contributed by atoms with Gasteiger partial charge in [0.2, 0.25) is 0 Å². The van der Waals surface area contributed by atoms with Crippen molar-refractivity contribution < 1.29 is 9.53 Å². The van der Waals surface area contributed by atoms with Crippen LogP contribution in [0, 0.1) is 0 Å². The van der Waals surface area contributed by atoms with E-state index in [-0.39, 0.29) is 5.54 Å². The van der Waals surface area contributed by atoms with Gasteiger partial charge in [0, 0.05) is 18.0 Å². The average molecular weight is 235 g/mol. The van der Waals surface area contributed by atoms with Crippen molar-refractivity contribution in [2.75, 3.05) is 24.3 Å². The average Bonchev–Trinajstić information content (AvgIpc) is 2.67. The Morgan fingerprint density at radius 1 is 1.53 bits per heavy atom. The summed E-state index contributed by atoms with van der Waals surface area (Å²) in [7, 11) is 0. The number of anilines is 2. The molecule has 0 spiro atoms. The van der Waals surface area contributed by atoms with Gasteiger partial charge in [0.05, 0.1) is 17.7 Å². The smallest absolute Gasteiger partial charge is 0.250 e. The second-order valence-electron chi connectivity index (χ2n) is 4.66. The van der Waals surface area contributed by atoms with Crippen molar-refractivity contribution in [3.05, 3.63) is 23.8 Å². The monoisotopic (exact) mass is 235 g/mol. The van der Waals surface area contributed by atoms with E-state index in [9.17, 15) is 4.79 Å². The Balaban J connectivity index is 2.28. The zero-order valence-electron chi connectivity index (χ0n) is 9.82. The molecule has 1 saturated heterocycles. The van der Waals surface area contributed by atoms with E-state index in [1.54, 1.807) is 18.2 Å². The molecule has 1 unspecified atom stereocenters. The number of nitrogen functional groups attached to an aromatic ring is 1. The maximum Gasteiger partial charge on any atom is 0.250 e. The highest BCUT2D eigenvalue weighted by Gasteiger charge is 2.30. The molecule has 1 atom stereocenters.